The first kappa shape index (κ1) is 18.6. The van der Waals surface area contributed by atoms with Crippen molar-refractivity contribution in [2.45, 2.75) is 50.7 Å². The number of carbonyl (C=O) groups excluding carboxylic acids is 1. The lowest BCUT2D eigenvalue weighted by Crippen LogP contribution is -2.40. The fourth-order valence-electron chi connectivity index (χ4n) is 4.29. The van der Waals surface area contributed by atoms with Gasteiger partial charge in [0.15, 0.2) is 0 Å². The molecule has 154 valence electrons. The van der Waals surface area contributed by atoms with Crippen molar-refractivity contribution in [2.24, 2.45) is 5.92 Å². The van der Waals surface area contributed by atoms with Crippen molar-refractivity contribution in [1.82, 2.24) is 15.3 Å². The maximum atomic E-state index is 12.0. The van der Waals surface area contributed by atoms with E-state index in [4.69, 9.17) is 9.47 Å². The van der Waals surface area contributed by atoms with E-state index < -0.39 is 0 Å². The molecule has 1 N–H and O–H groups in total. The molecule has 29 heavy (non-hydrogen) atoms. The first-order valence-electron chi connectivity index (χ1n) is 10.8. The van der Waals surface area contributed by atoms with E-state index in [0.717, 1.165) is 87.3 Å². The summed E-state index contributed by atoms with van der Waals surface area (Å²) in [7, 11) is 0. The molecule has 0 atom stereocenters. The molecular weight excluding hydrogens is 368 g/mol. The quantitative estimate of drug-likeness (QED) is 0.837. The Kier molecular flexibility index (Phi) is 5.23. The zero-order valence-electron chi connectivity index (χ0n) is 16.7. The van der Waals surface area contributed by atoms with Crippen molar-refractivity contribution < 1.29 is 14.3 Å². The molecule has 3 aliphatic rings. The molecule has 5 rings (SSSR count). The lowest BCUT2D eigenvalue weighted by molar-refractivity contribution is -0.123. The number of amides is 1. The summed E-state index contributed by atoms with van der Waals surface area (Å²) in [6, 6.07) is 4.48. The van der Waals surface area contributed by atoms with Crippen molar-refractivity contribution in [3.05, 3.63) is 24.5 Å². The molecule has 1 saturated heterocycles. The molecule has 2 aliphatic carbocycles. The Bertz CT molecular complexity index is 871. The minimum atomic E-state index is 0.147. The maximum Gasteiger partial charge on any atom is 0.223 e. The number of carbonyl (C=O) groups is 1. The highest BCUT2D eigenvalue weighted by Gasteiger charge is 2.32. The largest absolute Gasteiger partial charge is 0.488 e. The zero-order chi connectivity index (χ0) is 19.6. The van der Waals surface area contributed by atoms with Crippen LogP contribution in [0.25, 0.3) is 11.0 Å². The van der Waals surface area contributed by atoms with Gasteiger partial charge >= 0.3 is 0 Å². The highest BCUT2D eigenvalue weighted by molar-refractivity contribution is 5.85. The first-order chi connectivity index (χ1) is 14.3. The number of nitrogens with zero attached hydrogens (tertiary/aromatic N) is 3. The third kappa shape index (κ3) is 4.29. The van der Waals surface area contributed by atoms with Crippen LogP contribution >= 0.6 is 0 Å². The summed E-state index contributed by atoms with van der Waals surface area (Å²) in [5.74, 6) is 1.33. The molecule has 2 saturated carbocycles. The van der Waals surface area contributed by atoms with Crippen LogP contribution in [-0.4, -0.2) is 54.3 Å². The van der Waals surface area contributed by atoms with Gasteiger partial charge in [-0.2, -0.15) is 0 Å². The Morgan fingerprint density at radius 1 is 1.03 bits per heavy atom. The van der Waals surface area contributed by atoms with Gasteiger partial charge in [-0.25, -0.2) is 4.98 Å². The minimum Gasteiger partial charge on any atom is -0.488 e. The van der Waals surface area contributed by atoms with Gasteiger partial charge in [-0.1, -0.05) is 0 Å². The Balaban J connectivity index is 1.28. The fraction of sp³-hybridized carbons (Fsp3) is 0.591. The summed E-state index contributed by atoms with van der Waals surface area (Å²) in [4.78, 5) is 23.4. The number of hydrogen-bond acceptors (Lipinski definition) is 6. The lowest BCUT2D eigenvalue weighted by Gasteiger charge is -2.31. The monoisotopic (exact) mass is 396 g/mol. The average molecular weight is 396 g/mol. The molecule has 0 spiro atoms. The minimum absolute atomic E-state index is 0.147. The van der Waals surface area contributed by atoms with Gasteiger partial charge in [-0.3, -0.25) is 9.78 Å². The van der Waals surface area contributed by atoms with E-state index in [1.54, 1.807) is 12.4 Å². The molecule has 1 aromatic heterocycles. The number of ether oxygens (including phenoxy) is 2. The van der Waals surface area contributed by atoms with Gasteiger partial charge in [0, 0.05) is 49.2 Å². The van der Waals surface area contributed by atoms with Crippen molar-refractivity contribution in [3.8, 4) is 5.75 Å². The second kappa shape index (κ2) is 8.14. The van der Waals surface area contributed by atoms with E-state index in [2.05, 4.69) is 32.3 Å². The van der Waals surface area contributed by atoms with Crippen LogP contribution in [0.5, 0.6) is 5.75 Å². The number of nitrogens with one attached hydrogen (secondary N) is 1. The van der Waals surface area contributed by atoms with Crippen LogP contribution in [0.15, 0.2) is 24.5 Å². The van der Waals surface area contributed by atoms with Crippen LogP contribution < -0.4 is 15.0 Å². The van der Waals surface area contributed by atoms with E-state index in [0.29, 0.717) is 6.04 Å². The summed E-state index contributed by atoms with van der Waals surface area (Å²) < 4.78 is 11.9. The zero-order valence-corrected chi connectivity index (χ0v) is 16.7. The number of hydrogen-bond donors (Lipinski definition) is 1. The Morgan fingerprint density at radius 2 is 1.79 bits per heavy atom. The van der Waals surface area contributed by atoms with Crippen molar-refractivity contribution >= 4 is 22.6 Å². The summed E-state index contributed by atoms with van der Waals surface area (Å²) in [5.41, 5.74) is 2.78. The smallest absolute Gasteiger partial charge is 0.223 e. The van der Waals surface area contributed by atoms with Crippen LogP contribution in [0.3, 0.4) is 0 Å². The van der Waals surface area contributed by atoms with Gasteiger partial charge in [-0.15, -0.1) is 0 Å². The fourth-order valence-corrected chi connectivity index (χ4v) is 4.29. The summed E-state index contributed by atoms with van der Waals surface area (Å²) in [5, 5.41) is 3.21. The summed E-state index contributed by atoms with van der Waals surface area (Å²) >= 11 is 0. The molecule has 0 unspecified atom stereocenters. The lowest BCUT2D eigenvalue weighted by atomic mass is 9.92. The molecule has 2 aromatic rings. The number of aromatic nitrogens is 2. The van der Waals surface area contributed by atoms with Crippen LogP contribution in [0.4, 0.5) is 5.69 Å². The number of benzene rings is 1. The topological polar surface area (TPSA) is 76.6 Å². The van der Waals surface area contributed by atoms with Crippen molar-refractivity contribution in [2.75, 3.05) is 31.2 Å². The molecule has 0 bridgehead atoms. The van der Waals surface area contributed by atoms with Crippen molar-refractivity contribution in [1.29, 1.82) is 0 Å². The molecule has 3 fully saturated rings. The second-order valence-corrected chi connectivity index (χ2v) is 8.34. The molecular formula is C22H28N4O3. The van der Waals surface area contributed by atoms with Crippen LogP contribution in [-0.2, 0) is 9.53 Å². The summed E-state index contributed by atoms with van der Waals surface area (Å²) in [6.45, 7) is 3.23. The molecule has 0 radical (unpaired) electrons. The first-order valence-corrected chi connectivity index (χ1v) is 10.8. The van der Waals surface area contributed by atoms with Crippen LogP contribution in [0.2, 0.25) is 0 Å². The van der Waals surface area contributed by atoms with Crippen LogP contribution in [0.1, 0.15) is 38.5 Å². The Hall–Kier alpha value is -2.41. The van der Waals surface area contributed by atoms with E-state index in [9.17, 15) is 4.79 Å². The van der Waals surface area contributed by atoms with E-state index in [-0.39, 0.29) is 17.9 Å². The van der Waals surface area contributed by atoms with Gasteiger partial charge in [0.1, 0.15) is 11.3 Å². The molecule has 1 aliphatic heterocycles. The molecule has 1 amide bonds. The average Bonchev–Trinajstić information content (AvgIpc) is 3.61. The van der Waals surface area contributed by atoms with Crippen molar-refractivity contribution in [3.63, 3.8) is 0 Å². The van der Waals surface area contributed by atoms with Crippen LogP contribution in [0, 0.1) is 5.92 Å². The van der Waals surface area contributed by atoms with E-state index >= 15 is 0 Å². The van der Waals surface area contributed by atoms with E-state index in [1.807, 2.05) is 0 Å². The highest BCUT2D eigenvalue weighted by Crippen LogP contribution is 2.33. The number of rotatable bonds is 5. The van der Waals surface area contributed by atoms with Gasteiger partial charge in [-0.05, 0) is 44.6 Å². The SMILES string of the molecule is O=C(NC1CCC(Oc2cc(N3CCOCC3)cc3nccnc23)CC1)C1CC1. The Labute approximate surface area is 170 Å². The van der Waals surface area contributed by atoms with Gasteiger partial charge in [0.05, 0.1) is 24.8 Å². The molecule has 1 aromatic carbocycles. The summed E-state index contributed by atoms with van der Waals surface area (Å²) in [6.07, 6.45) is 9.52. The third-order valence-electron chi connectivity index (χ3n) is 6.16. The second-order valence-electron chi connectivity index (χ2n) is 8.34. The highest BCUT2D eigenvalue weighted by atomic mass is 16.5. The normalized spacial score (nSPS) is 25.0. The molecule has 7 nitrogen and oxygen atoms in total. The number of anilines is 1. The predicted octanol–water partition coefficient (Wildman–Crippen LogP) is 2.68. The number of morpholine rings is 1. The third-order valence-corrected chi connectivity index (χ3v) is 6.16. The molecule has 2 heterocycles. The van der Waals surface area contributed by atoms with Gasteiger partial charge in [0.25, 0.3) is 0 Å². The number of fused-ring (bicyclic) bond motifs is 1. The Morgan fingerprint density at radius 3 is 2.55 bits per heavy atom. The van der Waals surface area contributed by atoms with Gasteiger partial charge in [0.2, 0.25) is 5.91 Å². The molecule has 7 heteroatoms. The van der Waals surface area contributed by atoms with E-state index in [1.165, 1.54) is 0 Å². The van der Waals surface area contributed by atoms with Gasteiger partial charge < -0.3 is 19.7 Å². The standard InChI is InChI=1S/C22H28N4O3/c27-22(15-1-2-15)25-16-3-5-18(6-4-16)29-20-14-17(26-9-11-28-12-10-26)13-19-21(20)24-8-7-23-19/h7-8,13-16,18H,1-6,9-12H2,(H,25,27). The predicted molar refractivity (Wildman–Crippen MR) is 110 cm³/mol. The maximum absolute atomic E-state index is 12.0.